The number of ether oxygens (including phenoxy) is 1. The van der Waals surface area contributed by atoms with Crippen molar-refractivity contribution in [3.8, 4) is 0 Å². The Balaban J connectivity index is 2.29. The van der Waals surface area contributed by atoms with Gasteiger partial charge in [-0.25, -0.2) is 4.79 Å². The van der Waals surface area contributed by atoms with Crippen LogP contribution in [0.3, 0.4) is 0 Å². The van der Waals surface area contributed by atoms with Crippen molar-refractivity contribution >= 4 is 17.6 Å². The summed E-state index contributed by atoms with van der Waals surface area (Å²) in [5, 5.41) is 3.12. The summed E-state index contributed by atoms with van der Waals surface area (Å²) in [5.74, 6) is -4.79. The number of halogens is 3. The molecule has 0 aromatic heterocycles. The molecule has 1 N–H and O–H groups in total. The van der Waals surface area contributed by atoms with E-state index in [4.69, 9.17) is 11.6 Å². The van der Waals surface area contributed by atoms with Gasteiger partial charge >= 0.3 is 11.9 Å². The first-order valence-corrected chi connectivity index (χ1v) is 4.42. The second kappa shape index (κ2) is 4.23. The molecule has 3 nitrogen and oxygen atoms in total. The van der Waals surface area contributed by atoms with Crippen molar-refractivity contribution in [2.45, 2.75) is 18.4 Å². The Hall–Kier alpha value is -0.680. The van der Waals surface area contributed by atoms with Crippen molar-refractivity contribution in [2.75, 3.05) is 13.1 Å². The molecule has 1 rings (SSSR count). The van der Waals surface area contributed by atoms with Gasteiger partial charge in [-0.3, -0.25) is 0 Å². The van der Waals surface area contributed by atoms with Crippen LogP contribution in [-0.2, 0) is 9.53 Å². The number of hydrogen-bond donors (Lipinski definition) is 1. The largest absolute Gasteiger partial charge is 0.456 e. The van der Waals surface area contributed by atoms with Crippen LogP contribution in [0.15, 0.2) is 11.6 Å². The van der Waals surface area contributed by atoms with Gasteiger partial charge in [0.15, 0.2) is 0 Å². The maximum absolute atomic E-state index is 12.6. The summed E-state index contributed by atoms with van der Waals surface area (Å²) < 4.78 is 29.7. The normalized spacial score (nSPS) is 24.8. The number of alkyl halides is 2. The summed E-state index contributed by atoms with van der Waals surface area (Å²) in [6.07, 6.45) is -1.36. The molecule has 1 unspecified atom stereocenters. The Morgan fingerprint density at radius 1 is 1.79 bits per heavy atom. The van der Waals surface area contributed by atoms with Crippen LogP contribution in [0, 0.1) is 0 Å². The second-order valence-electron chi connectivity index (χ2n) is 3.08. The Morgan fingerprint density at radius 3 is 2.86 bits per heavy atom. The molecule has 0 saturated carbocycles. The molecule has 1 heterocycles. The first-order chi connectivity index (χ1) is 6.42. The number of carbonyl (C=O) groups excluding carboxylic acids is 1. The van der Waals surface area contributed by atoms with E-state index in [1.54, 1.807) is 0 Å². The monoisotopic (exact) mass is 225 g/mol. The molecule has 0 amide bonds. The minimum absolute atomic E-state index is 0.160. The highest BCUT2D eigenvalue weighted by atomic mass is 35.5. The lowest BCUT2D eigenvalue weighted by molar-refractivity contribution is -0.158. The van der Waals surface area contributed by atoms with Crippen molar-refractivity contribution in [1.29, 1.82) is 0 Å². The van der Waals surface area contributed by atoms with Crippen LogP contribution in [0.5, 0.6) is 0 Å². The van der Waals surface area contributed by atoms with E-state index in [-0.39, 0.29) is 6.54 Å². The topological polar surface area (TPSA) is 38.3 Å². The number of nitrogens with one attached hydrogen (secondary N) is 1. The quantitative estimate of drug-likeness (QED) is 0.733. The second-order valence-corrected chi connectivity index (χ2v) is 3.62. The van der Waals surface area contributed by atoms with Gasteiger partial charge in [-0.15, -0.1) is 0 Å². The van der Waals surface area contributed by atoms with Gasteiger partial charge in [0.25, 0.3) is 0 Å². The van der Waals surface area contributed by atoms with E-state index in [0.29, 0.717) is 11.6 Å². The Morgan fingerprint density at radius 2 is 2.43 bits per heavy atom. The third-order valence-electron chi connectivity index (χ3n) is 1.75. The maximum Gasteiger partial charge on any atom is 0.377 e. The molecule has 1 aliphatic heterocycles. The summed E-state index contributed by atoms with van der Waals surface area (Å²) >= 11 is 5.44. The highest BCUT2D eigenvalue weighted by Crippen LogP contribution is 2.30. The first kappa shape index (κ1) is 11.4. The molecule has 1 fully saturated rings. The zero-order valence-corrected chi connectivity index (χ0v) is 8.11. The third kappa shape index (κ3) is 2.92. The van der Waals surface area contributed by atoms with Gasteiger partial charge in [0, 0.05) is 18.1 Å². The van der Waals surface area contributed by atoms with Crippen LogP contribution in [0.1, 0.15) is 6.42 Å². The summed E-state index contributed by atoms with van der Waals surface area (Å²) in [6, 6.07) is 0. The fourth-order valence-electron chi connectivity index (χ4n) is 1.13. The van der Waals surface area contributed by atoms with E-state index in [1.165, 1.54) is 0 Å². The van der Waals surface area contributed by atoms with Gasteiger partial charge in [0.2, 0.25) is 0 Å². The maximum atomic E-state index is 12.6. The van der Waals surface area contributed by atoms with Crippen LogP contribution in [0.2, 0.25) is 0 Å². The smallest absolute Gasteiger partial charge is 0.377 e. The van der Waals surface area contributed by atoms with E-state index in [9.17, 15) is 13.6 Å². The van der Waals surface area contributed by atoms with Crippen LogP contribution in [-0.4, -0.2) is 31.1 Å². The van der Waals surface area contributed by atoms with Gasteiger partial charge in [-0.05, 0) is 0 Å². The van der Waals surface area contributed by atoms with Crippen molar-refractivity contribution in [3.63, 3.8) is 0 Å². The van der Waals surface area contributed by atoms with Crippen LogP contribution in [0.4, 0.5) is 8.78 Å². The molecule has 0 bridgehead atoms. The molecule has 0 radical (unpaired) electrons. The molecule has 80 valence electrons. The fraction of sp³-hybridized carbons (Fsp3) is 0.625. The average molecular weight is 226 g/mol. The first-order valence-electron chi connectivity index (χ1n) is 4.05. The molecule has 1 saturated heterocycles. The molecule has 6 heteroatoms. The van der Waals surface area contributed by atoms with E-state index in [1.807, 2.05) is 0 Å². The zero-order chi connectivity index (χ0) is 10.8. The zero-order valence-electron chi connectivity index (χ0n) is 7.36. The average Bonchev–Trinajstić information content (AvgIpc) is 2.25. The molecule has 0 aliphatic carbocycles. The van der Waals surface area contributed by atoms with Crippen LogP contribution >= 0.6 is 11.6 Å². The predicted octanol–water partition coefficient (Wildman–Crippen LogP) is 1.28. The summed E-state index contributed by atoms with van der Waals surface area (Å²) in [7, 11) is 0. The summed E-state index contributed by atoms with van der Waals surface area (Å²) in [5.41, 5.74) is 0. The van der Waals surface area contributed by atoms with E-state index < -0.39 is 24.4 Å². The summed E-state index contributed by atoms with van der Waals surface area (Å²) in [4.78, 5) is 10.6. The molecular formula is C8H10ClF2NO2. The third-order valence-corrected chi connectivity index (χ3v) is 1.88. The standard InChI is InChI=1S/C8H10ClF2NO2/c1-5(9)3-12-4-6-2-8(10,11)7(13)14-6/h6,12H,1-4H2. The van der Waals surface area contributed by atoms with Gasteiger partial charge in [-0.1, -0.05) is 18.2 Å². The van der Waals surface area contributed by atoms with Crippen LogP contribution < -0.4 is 5.32 Å². The minimum atomic E-state index is -3.34. The van der Waals surface area contributed by atoms with Crippen molar-refractivity contribution in [3.05, 3.63) is 11.6 Å². The molecule has 0 aromatic carbocycles. The Labute approximate surface area is 85.1 Å². The van der Waals surface area contributed by atoms with Gasteiger partial charge < -0.3 is 10.1 Å². The fourth-order valence-corrected chi connectivity index (χ4v) is 1.23. The van der Waals surface area contributed by atoms with Crippen molar-refractivity contribution in [1.82, 2.24) is 5.32 Å². The predicted molar refractivity (Wildman–Crippen MR) is 47.3 cm³/mol. The highest BCUT2D eigenvalue weighted by molar-refractivity contribution is 6.29. The lowest BCUT2D eigenvalue weighted by Gasteiger charge is -2.08. The van der Waals surface area contributed by atoms with E-state index in [0.717, 1.165) is 0 Å². The Kier molecular flexibility index (Phi) is 3.44. The SMILES string of the molecule is C=C(Cl)CNCC1CC(F)(F)C(=O)O1. The minimum Gasteiger partial charge on any atom is -0.456 e. The molecular weight excluding hydrogens is 216 g/mol. The number of hydrogen-bond acceptors (Lipinski definition) is 3. The number of esters is 1. The van der Waals surface area contributed by atoms with Gasteiger partial charge in [0.05, 0.1) is 6.42 Å². The molecule has 0 aromatic rings. The lowest BCUT2D eigenvalue weighted by atomic mass is 10.2. The van der Waals surface area contributed by atoms with E-state index >= 15 is 0 Å². The van der Waals surface area contributed by atoms with E-state index in [2.05, 4.69) is 16.6 Å². The number of carbonyl (C=O) groups is 1. The molecule has 14 heavy (non-hydrogen) atoms. The van der Waals surface area contributed by atoms with Crippen molar-refractivity contribution < 1.29 is 18.3 Å². The number of cyclic esters (lactones) is 1. The van der Waals surface area contributed by atoms with Crippen molar-refractivity contribution in [2.24, 2.45) is 0 Å². The lowest BCUT2D eigenvalue weighted by Crippen LogP contribution is -2.27. The van der Waals surface area contributed by atoms with Crippen LogP contribution in [0.25, 0.3) is 0 Å². The highest BCUT2D eigenvalue weighted by Gasteiger charge is 2.50. The summed E-state index contributed by atoms with van der Waals surface area (Å²) in [6.45, 7) is 3.88. The number of rotatable bonds is 4. The molecule has 1 aliphatic rings. The van der Waals surface area contributed by atoms with Gasteiger partial charge in [-0.2, -0.15) is 8.78 Å². The molecule has 1 atom stereocenters. The van der Waals surface area contributed by atoms with Gasteiger partial charge in [0.1, 0.15) is 6.10 Å². The molecule has 0 spiro atoms. The Bertz CT molecular complexity index is 258.